The molecule has 1 rings (SSSR count). The van der Waals surface area contributed by atoms with Gasteiger partial charge in [-0.15, -0.1) is 5.10 Å². The number of rotatable bonds is 6. The second-order valence-electron chi connectivity index (χ2n) is 4.13. The molecule has 0 aliphatic carbocycles. The van der Waals surface area contributed by atoms with E-state index in [-0.39, 0.29) is 6.61 Å². The smallest absolute Gasteiger partial charge is 0.352 e. The van der Waals surface area contributed by atoms with E-state index in [4.69, 9.17) is 16.4 Å². The maximum atomic E-state index is 11.8. The SMILES string of the molecule is Cc1cccc(N(N)C(=O)N(C)N)c1COC=NNC=S. The number of thiocarbonyl (C=S) groups is 1. The number of amides is 2. The predicted molar refractivity (Wildman–Crippen MR) is 85.3 cm³/mol. The van der Waals surface area contributed by atoms with E-state index in [0.29, 0.717) is 5.69 Å². The van der Waals surface area contributed by atoms with Crippen molar-refractivity contribution in [1.82, 2.24) is 10.4 Å². The summed E-state index contributed by atoms with van der Waals surface area (Å²) in [7, 11) is 1.41. The number of hydrogen-bond acceptors (Lipinski definition) is 6. The van der Waals surface area contributed by atoms with E-state index in [0.717, 1.165) is 21.1 Å². The van der Waals surface area contributed by atoms with Crippen molar-refractivity contribution in [2.24, 2.45) is 16.8 Å². The maximum Gasteiger partial charge on any atom is 0.352 e. The molecule has 0 bridgehead atoms. The van der Waals surface area contributed by atoms with Crippen LogP contribution in [-0.4, -0.2) is 30.0 Å². The minimum Gasteiger partial charge on any atom is -0.477 e. The standard InChI is InChI=1S/C12H18N6O2S/c1-9-4-3-5-11(18(14)12(19)17(2)13)10(9)6-20-7-15-16-8-21/h3-5,7-8H,6,13-14H2,1-2H3,(H,16,21). The molecule has 0 aliphatic heterocycles. The van der Waals surface area contributed by atoms with Crippen molar-refractivity contribution in [2.75, 3.05) is 12.1 Å². The summed E-state index contributed by atoms with van der Waals surface area (Å²) in [6, 6.07) is 4.84. The van der Waals surface area contributed by atoms with Crippen LogP contribution in [-0.2, 0) is 11.3 Å². The number of nitrogens with two attached hydrogens (primary N) is 2. The average Bonchev–Trinajstić information content (AvgIpc) is 2.46. The zero-order chi connectivity index (χ0) is 15.8. The van der Waals surface area contributed by atoms with Crippen LogP contribution in [0.15, 0.2) is 23.3 Å². The molecule has 0 spiro atoms. The Morgan fingerprint density at radius 3 is 2.86 bits per heavy atom. The van der Waals surface area contributed by atoms with Gasteiger partial charge in [-0.2, -0.15) is 0 Å². The van der Waals surface area contributed by atoms with Gasteiger partial charge in [0, 0.05) is 12.6 Å². The van der Waals surface area contributed by atoms with Gasteiger partial charge in [-0.1, -0.05) is 24.4 Å². The van der Waals surface area contributed by atoms with Crippen LogP contribution in [0.2, 0.25) is 0 Å². The molecule has 5 N–H and O–H groups in total. The van der Waals surface area contributed by atoms with Crippen molar-refractivity contribution in [2.45, 2.75) is 13.5 Å². The van der Waals surface area contributed by atoms with E-state index >= 15 is 0 Å². The first kappa shape index (κ1) is 16.8. The van der Waals surface area contributed by atoms with Crippen LogP contribution in [0.25, 0.3) is 0 Å². The molecule has 2 amide bonds. The normalized spacial score (nSPS) is 10.3. The van der Waals surface area contributed by atoms with Gasteiger partial charge in [0.2, 0.25) is 0 Å². The average molecular weight is 310 g/mol. The van der Waals surface area contributed by atoms with Crippen LogP contribution in [0.1, 0.15) is 11.1 Å². The number of hydrogen-bond donors (Lipinski definition) is 3. The maximum absolute atomic E-state index is 11.8. The summed E-state index contributed by atoms with van der Waals surface area (Å²) in [6.07, 6.45) is 1.22. The highest BCUT2D eigenvalue weighted by Gasteiger charge is 2.18. The summed E-state index contributed by atoms with van der Waals surface area (Å²) in [5.74, 6) is 11.2. The number of urea groups is 1. The third-order valence-electron chi connectivity index (χ3n) is 2.64. The van der Waals surface area contributed by atoms with Crippen molar-refractivity contribution >= 4 is 35.8 Å². The Labute approximate surface area is 128 Å². The Morgan fingerprint density at radius 2 is 2.24 bits per heavy atom. The molecule has 114 valence electrons. The number of aryl methyl sites for hydroxylation is 1. The molecule has 0 saturated carbocycles. The van der Waals surface area contributed by atoms with Crippen LogP contribution in [0.3, 0.4) is 0 Å². The third-order valence-corrected chi connectivity index (χ3v) is 2.74. The van der Waals surface area contributed by atoms with Gasteiger partial charge in [-0.05, 0) is 18.6 Å². The summed E-state index contributed by atoms with van der Waals surface area (Å²) < 4.78 is 5.27. The lowest BCUT2D eigenvalue weighted by Crippen LogP contribution is -2.49. The molecule has 1 aromatic carbocycles. The summed E-state index contributed by atoms with van der Waals surface area (Å²) >= 11 is 4.54. The summed E-state index contributed by atoms with van der Waals surface area (Å²) in [6.45, 7) is 2.08. The quantitative estimate of drug-likeness (QED) is 0.177. The molecule has 0 atom stereocenters. The van der Waals surface area contributed by atoms with E-state index < -0.39 is 6.03 Å². The molecule has 21 heavy (non-hydrogen) atoms. The summed E-state index contributed by atoms with van der Waals surface area (Å²) in [5, 5.41) is 5.55. The molecule has 0 saturated heterocycles. The highest BCUT2D eigenvalue weighted by atomic mass is 32.1. The van der Waals surface area contributed by atoms with Gasteiger partial charge in [0.1, 0.15) is 6.61 Å². The molecule has 0 radical (unpaired) electrons. The van der Waals surface area contributed by atoms with E-state index in [1.54, 1.807) is 12.1 Å². The zero-order valence-corrected chi connectivity index (χ0v) is 12.6. The van der Waals surface area contributed by atoms with Crippen LogP contribution >= 0.6 is 12.2 Å². The highest BCUT2D eigenvalue weighted by Crippen LogP contribution is 2.23. The first-order valence-electron chi connectivity index (χ1n) is 5.97. The number of hydrazine groups is 2. The number of benzene rings is 1. The van der Waals surface area contributed by atoms with Gasteiger partial charge in [0.05, 0.1) is 11.2 Å². The van der Waals surface area contributed by atoms with Crippen molar-refractivity contribution in [3.05, 3.63) is 29.3 Å². The fourth-order valence-electron chi connectivity index (χ4n) is 1.59. The van der Waals surface area contributed by atoms with Crippen molar-refractivity contribution in [1.29, 1.82) is 0 Å². The Hall–Kier alpha value is -2.23. The minimum atomic E-state index is -0.544. The number of ether oxygens (including phenoxy) is 1. The number of carbonyl (C=O) groups is 1. The first-order chi connectivity index (χ1) is 9.99. The van der Waals surface area contributed by atoms with Crippen LogP contribution < -0.4 is 22.1 Å². The van der Waals surface area contributed by atoms with Gasteiger partial charge >= 0.3 is 6.03 Å². The van der Waals surface area contributed by atoms with E-state index in [1.165, 1.54) is 18.9 Å². The van der Waals surface area contributed by atoms with Crippen LogP contribution in [0.5, 0.6) is 0 Å². The molecule has 0 aromatic heterocycles. The zero-order valence-electron chi connectivity index (χ0n) is 11.8. The van der Waals surface area contributed by atoms with E-state index in [9.17, 15) is 4.79 Å². The van der Waals surface area contributed by atoms with Gasteiger partial charge in [-0.3, -0.25) is 10.4 Å². The lowest BCUT2D eigenvalue weighted by molar-refractivity contribution is 0.216. The molecule has 0 heterocycles. The Morgan fingerprint density at radius 1 is 1.52 bits per heavy atom. The first-order valence-corrected chi connectivity index (χ1v) is 6.44. The summed E-state index contributed by atoms with van der Waals surface area (Å²) in [5.41, 5.74) is 5.87. The second kappa shape index (κ2) is 8.15. The summed E-state index contributed by atoms with van der Waals surface area (Å²) in [4.78, 5) is 11.8. The van der Waals surface area contributed by atoms with Crippen molar-refractivity contribution in [3.8, 4) is 0 Å². The van der Waals surface area contributed by atoms with Crippen LogP contribution in [0, 0.1) is 6.92 Å². The monoisotopic (exact) mass is 310 g/mol. The van der Waals surface area contributed by atoms with Crippen molar-refractivity contribution in [3.63, 3.8) is 0 Å². The van der Waals surface area contributed by atoms with E-state index in [1.807, 2.05) is 13.0 Å². The lowest BCUT2D eigenvalue weighted by atomic mass is 10.1. The molecule has 0 fully saturated rings. The van der Waals surface area contributed by atoms with Crippen LogP contribution in [0.4, 0.5) is 10.5 Å². The van der Waals surface area contributed by atoms with Gasteiger partial charge in [0.25, 0.3) is 0 Å². The van der Waals surface area contributed by atoms with Gasteiger partial charge in [-0.25, -0.2) is 21.5 Å². The van der Waals surface area contributed by atoms with Gasteiger partial charge in [0.15, 0.2) is 6.40 Å². The number of nitrogens with one attached hydrogen (secondary N) is 1. The molecule has 1 aromatic rings. The number of nitrogens with zero attached hydrogens (tertiary/aromatic N) is 3. The largest absolute Gasteiger partial charge is 0.477 e. The molecule has 0 aliphatic rings. The molecule has 0 unspecified atom stereocenters. The van der Waals surface area contributed by atoms with E-state index in [2.05, 4.69) is 22.7 Å². The Kier molecular flexibility index (Phi) is 6.53. The van der Waals surface area contributed by atoms with Gasteiger partial charge < -0.3 is 4.74 Å². The lowest BCUT2D eigenvalue weighted by Gasteiger charge is -2.23. The van der Waals surface area contributed by atoms with Crippen molar-refractivity contribution < 1.29 is 9.53 Å². The Balaban J connectivity index is 2.92. The molecular formula is C12H18N6O2S. The topological polar surface area (TPSA) is 109 Å². The Bertz CT molecular complexity index is 534. The number of anilines is 1. The molecular weight excluding hydrogens is 292 g/mol. The predicted octanol–water partition coefficient (Wildman–Crippen LogP) is 0.607. The number of carbonyl (C=O) groups excluding carboxylic acids is 1. The minimum absolute atomic E-state index is 0.194. The molecule has 8 nitrogen and oxygen atoms in total. The fourth-order valence-corrected chi connectivity index (χ4v) is 1.65. The molecule has 9 heteroatoms. The second-order valence-corrected chi connectivity index (χ2v) is 4.36. The highest BCUT2D eigenvalue weighted by molar-refractivity contribution is 7.78. The number of hydrazone groups is 1. The fraction of sp³-hybridized carbons (Fsp3) is 0.250. The third kappa shape index (κ3) is 4.67.